The molecule has 0 fully saturated rings. The van der Waals surface area contributed by atoms with E-state index in [9.17, 15) is 4.79 Å². The molecule has 7 nitrogen and oxygen atoms in total. The van der Waals surface area contributed by atoms with E-state index in [0.717, 1.165) is 28.6 Å². The molecule has 0 atom stereocenters. The van der Waals surface area contributed by atoms with Gasteiger partial charge >= 0.3 is 0 Å². The number of H-pyrrole nitrogens is 1. The zero-order valence-electron chi connectivity index (χ0n) is 10.5. The van der Waals surface area contributed by atoms with E-state index in [2.05, 4.69) is 25.7 Å². The fourth-order valence-electron chi connectivity index (χ4n) is 1.64. The highest BCUT2D eigenvalue weighted by Gasteiger charge is 2.14. The van der Waals surface area contributed by atoms with E-state index >= 15 is 0 Å². The number of carbonyl (C=O) groups excluding carboxylic acids is 1. The normalized spacial score (nSPS) is 10.8. The molecule has 2 rings (SSSR count). The summed E-state index contributed by atoms with van der Waals surface area (Å²) in [6, 6.07) is 0. The van der Waals surface area contributed by atoms with Crippen LogP contribution in [0.25, 0.3) is 0 Å². The Kier molecular flexibility index (Phi) is 3.75. The van der Waals surface area contributed by atoms with Gasteiger partial charge < -0.3 is 0 Å². The van der Waals surface area contributed by atoms with Crippen molar-refractivity contribution in [3.05, 3.63) is 17.0 Å². The van der Waals surface area contributed by atoms with Gasteiger partial charge in [-0.25, -0.2) is 4.68 Å². The molecule has 18 heavy (non-hydrogen) atoms. The smallest absolute Gasteiger partial charge is 0.209 e. The third-order valence-electron chi connectivity index (χ3n) is 2.57. The topological polar surface area (TPSA) is 89.3 Å². The number of aromatic amines is 1. The number of thioether (sulfide) groups is 1. The highest BCUT2D eigenvalue weighted by Crippen LogP contribution is 2.18. The molecule has 2 aromatic rings. The van der Waals surface area contributed by atoms with Gasteiger partial charge in [-0.05, 0) is 23.8 Å². The van der Waals surface area contributed by atoms with Gasteiger partial charge in [0.05, 0.1) is 0 Å². The first-order valence-electron chi connectivity index (χ1n) is 5.49. The summed E-state index contributed by atoms with van der Waals surface area (Å²) in [4.78, 5) is 11.4. The van der Waals surface area contributed by atoms with Crippen molar-refractivity contribution >= 4 is 17.5 Å². The summed E-state index contributed by atoms with van der Waals surface area (Å²) in [6.07, 6.45) is 0.759. The minimum Gasteiger partial charge on any atom is -0.293 e. The number of nitrogens with zero attached hydrogens (tertiary/aromatic N) is 5. The largest absolute Gasteiger partial charge is 0.293 e. The van der Waals surface area contributed by atoms with Crippen LogP contribution in [0.1, 0.15) is 28.7 Å². The Balaban J connectivity index is 2.00. The van der Waals surface area contributed by atoms with E-state index in [-0.39, 0.29) is 5.78 Å². The third-order valence-corrected chi connectivity index (χ3v) is 3.58. The Hall–Kier alpha value is -1.70. The Morgan fingerprint density at radius 1 is 1.50 bits per heavy atom. The molecule has 0 radical (unpaired) electrons. The molecule has 0 amide bonds. The van der Waals surface area contributed by atoms with Crippen LogP contribution in [0.5, 0.6) is 0 Å². The van der Waals surface area contributed by atoms with Crippen molar-refractivity contribution in [1.82, 2.24) is 30.4 Å². The zero-order chi connectivity index (χ0) is 13.1. The molecule has 0 spiro atoms. The van der Waals surface area contributed by atoms with E-state index in [1.165, 1.54) is 6.92 Å². The summed E-state index contributed by atoms with van der Waals surface area (Å²) in [7, 11) is 1.80. The fourth-order valence-corrected chi connectivity index (χ4v) is 2.44. The number of rotatable bonds is 5. The molecule has 0 aromatic carbocycles. The van der Waals surface area contributed by atoms with Crippen LogP contribution in [0, 0.1) is 6.92 Å². The van der Waals surface area contributed by atoms with Crippen molar-refractivity contribution in [2.24, 2.45) is 7.05 Å². The molecule has 0 saturated heterocycles. The molecule has 8 heteroatoms. The molecule has 0 saturated carbocycles. The highest BCUT2D eigenvalue weighted by atomic mass is 32.2. The zero-order valence-corrected chi connectivity index (χ0v) is 11.3. The van der Waals surface area contributed by atoms with Crippen LogP contribution in [-0.4, -0.2) is 41.9 Å². The lowest BCUT2D eigenvalue weighted by Crippen LogP contribution is -2.01. The van der Waals surface area contributed by atoms with E-state index in [0.29, 0.717) is 5.69 Å². The van der Waals surface area contributed by atoms with Gasteiger partial charge in [0.15, 0.2) is 5.78 Å². The predicted octanol–water partition coefficient (Wildman–Crippen LogP) is 0.779. The number of Topliss-reactive ketones (excluding diaryl/α,β-unsaturated/α-hetero) is 1. The average Bonchev–Trinajstić information content (AvgIpc) is 2.87. The van der Waals surface area contributed by atoms with E-state index in [4.69, 9.17) is 0 Å². The fraction of sp³-hybridized carbons (Fsp3) is 0.500. The number of carbonyl (C=O) groups is 1. The molecular formula is C10H14N6OS. The first-order chi connectivity index (χ1) is 8.59. The van der Waals surface area contributed by atoms with Gasteiger partial charge in [0.1, 0.15) is 5.69 Å². The number of nitrogens with one attached hydrogen (secondary N) is 1. The minimum absolute atomic E-state index is 0.0142. The van der Waals surface area contributed by atoms with Crippen LogP contribution >= 0.6 is 11.8 Å². The maximum Gasteiger partial charge on any atom is 0.209 e. The monoisotopic (exact) mass is 266 g/mol. The summed E-state index contributed by atoms with van der Waals surface area (Å²) in [5.74, 6) is 0.786. The maximum atomic E-state index is 11.4. The van der Waals surface area contributed by atoms with Crippen molar-refractivity contribution in [3.8, 4) is 0 Å². The molecule has 0 unspecified atom stereocenters. The quantitative estimate of drug-likeness (QED) is 0.635. The summed E-state index contributed by atoms with van der Waals surface area (Å²) < 4.78 is 1.62. The molecule has 1 N–H and O–H groups in total. The summed E-state index contributed by atoms with van der Waals surface area (Å²) in [6.45, 7) is 3.45. The second-order valence-corrected chi connectivity index (χ2v) is 4.98. The molecule has 0 aliphatic carbocycles. The molecule has 0 bridgehead atoms. The van der Waals surface area contributed by atoms with Crippen LogP contribution in [0.15, 0.2) is 5.16 Å². The highest BCUT2D eigenvalue weighted by molar-refractivity contribution is 7.99. The van der Waals surface area contributed by atoms with E-state index in [1.54, 1.807) is 23.5 Å². The van der Waals surface area contributed by atoms with Crippen LogP contribution in [0.4, 0.5) is 0 Å². The number of hydrogen-bond acceptors (Lipinski definition) is 6. The van der Waals surface area contributed by atoms with Crippen molar-refractivity contribution < 1.29 is 4.79 Å². The summed E-state index contributed by atoms with van der Waals surface area (Å²) in [5, 5.41) is 18.8. The maximum absolute atomic E-state index is 11.4. The van der Waals surface area contributed by atoms with Crippen molar-refractivity contribution in [2.75, 3.05) is 5.75 Å². The van der Waals surface area contributed by atoms with Gasteiger partial charge in [-0.3, -0.25) is 9.89 Å². The number of hydrogen-bond donors (Lipinski definition) is 1. The van der Waals surface area contributed by atoms with Gasteiger partial charge in [0, 0.05) is 31.0 Å². The molecule has 0 aliphatic heterocycles. The molecule has 2 aromatic heterocycles. The molecular weight excluding hydrogens is 252 g/mol. The number of tetrazole rings is 1. The average molecular weight is 266 g/mol. The second kappa shape index (κ2) is 5.30. The van der Waals surface area contributed by atoms with Crippen LogP contribution < -0.4 is 0 Å². The third kappa shape index (κ3) is 2.58. The van der Waals surface area contributed by atoms with Gasteiger partial charge in [0.2, 0.25) is 5.16 Å². The van der Waals surface area contributed by atoms with E-state index < -0.39 is 0 Å². The Labute approximate surface area is 108 Å². The number of aryl methyl sites for hydroxylation is 2. The predicted molar refractivity (Wildman–Crippen MR) is 66.6 cm³/mol. The van der Waals surface area contributed by atoms with Crippen LogP contribution in [0.3, 0.4) is 0 Å². The molecule has 96 valence electrons. The van der Waals surface area contributed by atoms with Gasteiger partial charge in [0.25, 0.3) is 0 Å². The lowest BCUT2D eigenvalue weighted by atomic mass is 10.1. The van der Waals surface area contributed by atoms with Gasteiger partial charge in [-0.2, -0.15) is 5.10 Å². The Morgan fingerprint density at radius 3 is 2.89 bits per heavy atom. The second-order valence-electron chi connectivity index (χ2n) is 3.92. The number of aromatic nitrogens is 6. The van der Waals surface area contributed by atoms with Crippen LogP contribution in [-0.2, 0) is 13.5 Å². The number of ketones is 1. The minimum atomic E-state index is -0.0142. The first kappa shape index (κ1) is 12.7. The lowest BCUT2D eigenvalue weighted by Gasteiger charge is -2.01. The molecule has 2 heterocycles. The van der Waals surface area contributed by atoms with E-state index in [1.807, 2.05) is 6.92 Å². The van der Waals surface area contributed by atoms with Gasteiger partial charge in [-0.15, -0.1) is 5.10 Å². The Morgan fingerprint density at radius 2 is 2.28 bits per heavy atom. The summed E-state index contributed by atoms with van der Waals surface area (Å²) >= 11 is 1.55. The lowest BCUT2D eigenvalue weighted by molar-refractivity contribution is 0.101. The van der Waals surface area contributed by atoms with Crippen molar-refractivity contribution in [3.63, 3.8) is 0 Å². The SMILES string of the molecule is CC(=O)c1n[nH]c(C)c1CCSc1nnnn1C. The molecule has 0 aliphatic rings. The standard InChI is InChI=1S/C10H14N6OS/c1-6-8(9(7(2)17)12-11-6)4-5-18-10-13-14-15-16(10)3/h4-5H2,1-3H3,(H,11,12). The van der Waals surface area contributed by atoms with Crippen molar-refractivity contribution in [1.29, 1.82) is 0 Å². The van der Waals surface area contributed by atoms with Crippen molar-refractivity contribution in [2.45, 2.75) is 25.4 Å². The van der Waals surface area contributed by atoms with Gasteiger partial charge in [-0.1, -0.05) is 11.8 Å². The summed E-state index contributed by atoms with van der Waals surface area (Å²) in [5.41, 5.74) is 2.45. The first-order valence-corrected chi connectivity index (χ1v) is 6.48. The van der Waals surface area contributed by atoms with Crippen LogP contribution in [0.2, 0.25) is 0 Å². The Bertz CT molecular complexity index is 560.